The van der Waals surface area contributed by atoms with Crippen LogP contribution in [0, 0.1) is 11.3 Å². The van der Waals surface area contributed by atoms with E-state index in [1.54, 1.807) is 0 Å². The molecule has 0 saturated carbocycles. The fourth-order valence-electron chi connectivity index (χ4n) is 1.90. The maximum Gasteiger partial charge on any atom is 0.0204 e. The molecule has 84 valence electrons. The van der Waals surface area contributed by atoms with Crippen molar-refractivity contribution in [3.8, 4) is 0 Å². The quantitative estimate of drug-likeness (QED) is 0.746. The Morgan fingerprint density at radius 3 is 2.50 bits per heavy atom. The number of nitrogens with one attached hydrogen (secondary N) is 1. The van der Waals surface area contributed by atoms with Gasteiger partial charge in [-0.25, -0.2) is 0 Å². The Kier molecular flexibility index (Phi) is 3.96. The van der Waals surface area contributed by atoms with Gasteiger partial charge in [0, 0.05) is 19.1 Å². The predicted molar refractivity (Wildman–Crippen MR) is 62.5 cm³/mol. The molecule has 2 atom stereocenters. The maximum atomic E-state index is 3.36. The molecule has 0 aromatic rings. The van der Waals surface area contributed by atoms with Crippen molar-refractivity contribution in [1.29, 1.82) is 0 Å². The van der Waals surface area contributed by atoms with Gasteiger partial charge < -0.3 is 10.2 Å². The van der Waals surface area contributed by atoms with Gasteiger partial charge in [-0.15, -0.1) is 0 Å². The summed E-state index contributed by atoms with van der Waals surface area (Å²) in [4.78, 5) is 2.59. The smallest absolute Gasteiger partial charge is 0.0204 e. The van der Waals surface area contributed by atoms with Gasteiger partial charge in [0.05, 0.1) is 0 Å². The van der Waals surface area contributed by atoms with Gasteiger partial charge in [0.2, 0.25) is 0 Å². The Bertz CT molecular complexity index is 172. The number of likely N-dealkylation sites (tertiary alicyclic amines) is 1. The van der Waals surface area contributed by atoms with Crippen molar-refractivity contribution >= 4 is 0 Å². The second-order valence-corrected chi connectivity index (χ2v) is 5.80. The summed E-state index contributed by atoms with van der Waals surface area (Å²) in [5.41, 5.74) is 0.442. The molecule has 2 unspecified atom stereocenters. The molecule has 1 aliphatic heterocycles. The average molecular weight is 198 g/mol. The molecule has 2 nitrogen and oxygen atoms in total. The van der Waals surface area contributed by atoms with E-state index in [1.165, 1.54) is 26.1 Å². The standard InChI is InChI=1S/C12H26N2/c1-10(12(2,3)4)8-14-7-6-11(9-14)13-5/h10-11,13H,6-9H2,1-5H3. The third kappa shape index (κ3) is 3.25. The van der Waals surface area contributed by atoms with Crippen LogP contribution in [0.25, 0.3) is 0 Å². The summed E-state index contributed by atoms with van der Waals surface area (Å²) in [7, 11) is 2.07. The van der Waals surface area contributed by atoms with Gasteiger partial charge in [-0.3, -0.25) is 0 Å². The van der Waals surface area contributed by atoms with E-state index >= 15 is 0 Å². The SMILES string of the molecule is CNC1CCN(CC(C)C(C)(C)C)C1. The van der Waals surface area contributed by atoms with Crippen LogP contribution in [0.1, 0.15) is 34.1 Å². The minimum atomic E-state index is 0.442. The molecule has 0 spiro atoms. The average Bonchev–Trinajstić information content (AvgIpc) is 2.50. The number of nitrogens with zero attached hydrogens (tertiary/aromatic N) is 1. The Morgan fingerprint density at radius 2 is 2.07 bits per heavy atom. The van der Waals surface area contributed by atoms with Crippen LogP contribution in [0.15, 0.2) is 0 Å². The maximum absolute atomic E-state index is 3.36. The molecule has 14 heavy (non-hydrogen) atoms. The highest BCUT2D eigenvalue weighted by Gasteiger charge is 2.26. The van der Waals surface area contributed by atoms with Crippen LogP contribution in [0.2, 0.25) is 0 Å². The molecule has 1 aliphatic rings. The van der Waals surface area contributed by atoms with Crippen LogP contribution >= 0.6 is 0 Å². The second kappa shape index (κ2) is 4.63. The Balaban J connectivity index is 2.32. The van der Waals surface area contributed by atoms with E-state index in [0.717, 1.165) is 12.0 Å². The molecule has 2 heteroatoms. The lowest BCUT2D eigenvalue weighted by molar-refractivity contribution is 0.181. The fraction of sp³-hybridized carbons (Fsp3) is 1.00. The van der Waals surface area contributed by atoms with E-state index < -0.39 is 0 Å². The van der Waals surface area contributed by atoms with Crippen molar-refractivity contribution in [3.05, 3.63) is 0 Å². The van der Waals surface area contributed by atoms with E-state index in [4.69, 9.17) is 0 Å². The van der Waals surface area contributed by atoms with Crippen molar-refractivity contribution < 1.29 is 0 Å². The topological polar surface area (TPSA) is 15.3 Å². The molecule has 1 rings (SSSR count). The first-order valence-electron chi connectivity index (χ1n) is 5.83. The number of hydrogen-bond donors (Lipinski definition) is 1. The normalized spacial score (nSPS) is 26.8. The molecule has 0 aromatic carbocycles. The Morgan fingerprint density at radius 1 is 1.43 bits per heavy atom. The first kappa shape index (κ1) is 12.0. The van der Waals surface area contributed by atoms with E-state index in [2.05, 4.69) is 45.0 Å². The van der Waals surface area contributed by atoms with Crippen molar-refractivity contribution in [2.45, 2.75) is 40.2 Å². The van der Waals surface area contributed by atoms with E-state index in [9.17, 15) is 0 Å². The van der Waals surface area contributed by atoms with Gasteiger partial charge in [-0.2, -0.15) is 0 Å². The van der Waals surface area contributed by atoms with E-state index in [-0.39, 0.29) is 0 Å². The minimum absolute atomic E-state index is 0.442. The summed E-state index contributed by atoms with van der Waals surface area (Å²) in [6.07, 6.45) is 1.31. The lowest BCUT2D eigenvalue weighted by Crippen LogP contribution is -2.35. The summed E-state index contributed by atoms with van der Waals surface area (Å²) in [5.74, 6) is 0.776. The highest BCUT2D eigenvalue weighted by Crippen LogP contribution is 2.27. The highest BCUT2D eigenvalue weighted by atomic mass is 15.2. The largest absolute Gasteiger partial charge is 0.316 e. The lowest BCUT2D eigenvalue weighted by atomic mass is 9.82. The van der Waals surface area contributed by atoms with Crippen LogP contribution in [-0.4, -0.2) is 37.6 Å². The predicted octanol–water partition coefficient (Wildman–Crippen LogP) is 1.96. The summed E-state index contributed by atoms with van der Waals surface area (Å²) in [5, 5.41) is 3.36. The molecule has 1 heterocycles. The van der Waals surface area contributed by atoms with Crippen LogP contribution in [0.4, 0.5) is 0 Å². The molecule has 1 saturated heterocycles. The Labute approximate surface area is 89.1 Å². The molecule has 0 bridgehead atoms. The zero-order chi connectivity index (χ0) is 10.8. The van der Waals surface area contributed by atoms with Gasteiger partial charge in [-0.1, -0.05) is 27.7 Å². The third-order valence-corrected chi connectivity index (χ3v) is 3.69. The molecular formula is C12H26N2. The van der Waals surface area contributed by atoms with Crippen molar-refractivity contribution in [1.82, 2.24) is 10.2 Å². The number of rotatable bonds is 3. The summed E-state index contributed by atoms with van der Waals surface area (Å²) in [6.45, 7) is 13.1. The van der Waals surface area contributed by atoms with Crippen molar-refractivity contribution in [3.63, 3.8) is 0 Å². The molecule has 0 amide bonds. The molecule has 1 fully saturated rings. The molecule has 0 radical (unpaired) electrons. The molecule has 1 N–H and O–H groups in total. The number of hydrogen-bond acceptors (Lipinski definition) is 2. The van der Waals surface area contributed by atoms with Gasteiger partial charge in [0.1, 0.15) is 0 Å². The number of likely N-dealkylation sites (N-methyl/N-ethyl adjacent to an activating group) is 1. The molecular weight excluding hydrogens is 172 g/mol. The highest BCUT2D eigenvalue weighted by molar-refractivity contribution is 4.82. The van der Waals surface area contributed by atoms with Gasteiger partial charge >= 0.3 is 0 Å². The molecule has 0 aliphatic carbocycles. The van der Waals surface area contributed by atoms with Crippen LogP contribution < -0.4 is 5.32 Å². The zero-order valence-corrected chi connectivity index (χ0v) is 10.4. The Hall–Kier alpha value is -0.0800. The van der Waals surface area contributed by atoms with Crippen LogP contribution in [-0.2, 0) is 0 Å². The van der Waals surface area contributed by atoms with Gasteiger partial charge in [-0.05, 0) is 31.3 Å². The van der Waals surface area contributed by atoms with Crippen LogP contribution in [0.3, 0.4) is 0 Å². The van der Waals surface area contributed by atoms with Gasteiger partial charge in [0.25, 0.3) is 0 Å². The summed E-state index contributed by atoms with van der Waals surface area (Å²) >= 11 is 0. The summed E-state index contributed by atoms with van der Waals surface area (Å²) < 4.78 is 0. The molecule has 0 aromatic heterocycles. The van der Waals surface area contributed by atoms with Crippen molar-refractivity contribution in [2.75, 3.05) is 26.7 Å². The second-order valence-electron chi connectivity index (χ2n) is 5.80. The zero-order valence-electron chi connectivity index (χ0n) is 10.4. The summed E-state index contributed by atoms with van der Waals surface area (Å²) in [6, 6.07) is 0.724. The first-order chi connectivity index (χ1) is 6.43. The monoisotopic (exact) mass is 198 g/mol. The first-order valence-corrected chi connectivity index (χ1v) is 5.83. The minimum Gasteiger partial charge on any atom is -0.316 e. The lowest BCUT2D eigenvalue weighted by Gasteiger charge is -2.31. The fourth-order valence-corrected chi connectivity index (χ4v) is 1.90. The third-order valence-electron chi connectivity index (χ3n) is 3.69. The van der Waals surface area contributed by atoms with E-state index in [0.29, 0.717) is 5.41 Å². The van der Waals surface area contributed by atoms with Crippen molar-refractivity contribution in [2.24, 2.45) is 11.3 Å². The van der Waals surface area contributed by atoms with E-state index in [1.807, 2.05) is 0 Å². The van der Waals surface area contributed by atoms with Gasteiger partial charge in [0.15, 0.2) is 0 Å². The van der Waals surface area contributed by atoms with Crippen LogP contribution in [0.5, 0.6) is 0 Å².